The number of aryl methyl sites for hydroxylation is 2. The number of anilines is 1. The van der Waals surface area contributed by atoms with Gasteiger partial charge in [0.15, 0.2) is 0 Å². The van der Waals surface area contributed by atoms with Crippen molar-refractivity contribution in [2.75, 3.05) is 5.32 Å². The molecule has 0 atom stereocenters. The lowest BCUT2D eigenvalue weighted by atomic mass is 10.1. The minimum absolute atomic E-state index is 0.754. The lowest BCUT2D eigenvalue weighted by Gasteiger charge is -2.09. The van der Waals surface area contributed by atoms with Crippen LogP contribution in [0.15, 0.2) is 48.7 Å². The van der Waals surface area contributed by atoms with Gasteiger partial charge in [0.05, 0.1) is 11.4 Å². The summed E-state index contributed by atoms with van der Waals surface area (Å²) in [5.74, 6) is 0.859. The third-order valence-electron chi connectivity index (χ3n) is 3.35. The van der Waals surface area contributed by atoms with E-state index in [-0.39, 0.29) is 0 Å². The second kappa shape index (κ2) is 5.29. The Morgan fingerprint density at radius 1 is 1.00 bits per heavy atom. The number of nitrogens with one attached hydrogen (secondary N) is 1. The first-order valence-corrected chi connectivity index (χ1v) is 6.74. The monoisotopic (exact) mass is 263 g/mol. The molecule has 3 heteroatoms. The predicted octanol–water partition coefficient (Wildman–Crippen LogP) is 3.86. The molecule has 1 N–H and O–H groups in total. The molecule has 0 radical (unpaired) electrons. The summed E-state index contributed by atoms with van der Waals surface area (Å²) in [6.07, 6.45) is 1.79. The van der Waals surface area contributed by atoms with E-state index in [0.29, 0.717) is 0 Å². The number of hydrogen-bond donors (Lipinski definition) is 1. The molecule has 0 saturated heterocycles. The van der Waals surface area contributed by atoms with Gasteiger partial charge in [-0.05, 0) is 36.2 Å². The highest BCUT2D eigenvalue weighted by Gasteiger charge is 2.02. The van der Waals surface area contributed by atoms with Crippen LogP contribution < -0.4 is 5.32 Å². The number of benzene rings is 2. The molecule has 0 aliphatic rings. The van der Waals surface area contributed by atoms with Crippen molar-refractivity contribution in [3.05, 3.63) is 65.6 Å². The maximum Gasteiger partial charge on any atom is 0.148 e. The van der Waals surface area contributed by atoms with Crippen LogP contribution in [0.1, 0.15) is 17.0 Å². The van der Waals surface area contributed by atoms with Crippen LogP contribution in [0.4, 0.5) is 5.82 Å². The van der Waals surface area contributed by atoms with Crippen LogP contribution in [0.2, 0.25) is 0 Å². The average molecular weight is 263 g/mol. The molecule has 3 nitrogen and oxygen atoms in total. The first kappa shape index (κ1) is 12.6. The zero-order valence-electron chi connectivity index (χ0n) is 11.7. The van der Waals surface area contributed by atoms with Gasteiger partial charge in [-0.3, -0.25) is 4.98 Å². The Bertz CT molecular complexity index is 750. The van der Waals surface area contributed by atoms with Gasteiger partial charge in [-0.2, -0.15) is 0 Å². The molecule has 0 bridgehead atoms. The number of fused-ring (bicyclic) bond motifs is 1. The van der Waals surface area contributed by atoms with Crippen molar-refractivity contribution in [1.82, 2.24) is 9.97 Å². The van der Waals surface area contributed by atoms with Gasteiger partial charge in [0.2, 0.25) is 0 Å². The Hall–Kier alpha value is -2.42. The molecule has 1 heterocycles. The summed E-state index contributed by atoms with van der Waals surface area (Å²) in [5.41, 5.74) is 3.10. The highest BCUT2D eigenvalue weighted by molar-refractivity contribution is 5.83. The van der Waals surface area contributed by atoms with Gasteiger partial charge in [-0.25, -0.2) is 4.98 Å². The van der Waals surface area contributed by atoms with Gasteiger partial charge in [-0.1, -0.05) is 36.4 Å². The quantitative estimate of drug-likeness (QED) is 0.779. The van der Waals surface area contributed by atoms with Crippen LogP contribution in [-0.2, 0) is 6.54 Å². The maximum absolute atomic E-state index is 4.48. The summed E-state index contributed by atoms with van der Waals surface area (Å²) in [7, 11) is 0. The fourth-order valence-corrected chi connectivity index (χ4v) is 2.24. The molecular formula is C17H17N3. The minimum Gasteiger partial charge on any atom is -0.364 e. The van der Waals surface area contributed by atoms with Crippen molar-refractivity contribution < 1.29 is 0 Å². The van der Waals surface area contributed by atoms with Crippen LogP contribution in [0.5, 0.6) is 0 Å². The van der Waals surface area contributed by atoms with E-state index in [9.17, 15) is 0 Å². The Morgan fingerprint density at radius 2 is 1.80 bits per heavy atom. The van der Waals surface area contributed by atoms with E-state index in [1.165, 1.54) is 16.3 Å². The lowest BCUT2D eigenvalue weighted by Crippen LogP contribution is -2.05. The fourth-order valence-electron chi connectivity index (χ4n) is 2.24. The number of hydrogen-bond acceptors (Lipinski definition) is 3. The smallest absolute Gasteiger partial charge is 0.148 e. The van der Waals surface area contributed by atoms with Crippen molar-refractivity contribution in [2.45, 2.75) is 20.4 Å². The van der Waals surface area contributed by atoms with E-state index < -0.39 is 0 Å². The van der Waals surface area contributed by atoms with E-state index in [1.54, 1.807) is 6.20 Å². The molecule has 3 aromatic rings. The van der Waals surface area contributed by atoms with Crippen LogP contribution in [0.3, 0.4) is 0 Å². The van der Waals surface area contributed by atoms with Crippen molar-refractivity contribution in [3.8, 4) is 0 Å². The maximum atomic E-state index is 4.48. The molecule has 0 fully saturated rings. The Balaban J connectivity index is 1.81. The zero-order valence-corrected chi connectivity index (χ0v) is 11.7. The van der Waals surface area contributed by atoms with E-state index in [1.807, 2.05) is 13.8 Å². The molecule has 2 aromatic carbocycles. The Labute approximate surface area is 118 Å². The number of nitrogens with zero attached hydrogens (tertiary/aromatic N) is 2. The molecule has 0 aliphatic heterocycles. The molecule has 0 amide bonds. The normalized spacial score (nSPS) is 10.7. The predicted molar refractivity (Wildman–Crippen MR) is 82.8 cm³/mol. The summed E-state index contributed by atoms with van der Waals surface area (Å²) in [4.78, 5) is 8.79. The zero-order chi connectivity index (χ0) is 13.9. The Kier molecular flexibility index (Phi) is 3.33. The molecular weight excluding hydrogens is 246 g/mol. The first-order chi connectivity index (χ1) is 9.72. The highest BCUT2D eigenvalue weighted by atomic mass is 15.0. The molecule has 100 valence electrons. The van der Waals surface area contributed by atoms with Crippen LogP contribution in [0.25, 0.3) is 10.8 Å². The SMILES string of the molecule is Cc1cnc(C)c(NCc2ccc3ccccc3c2)n1. The van der Waals surface area contributed by atoms with E-state index in [2.05, 4.69) is 57.7 Å². The largest absolute Gasteiger partial charge is 0.364 e. The van der Waals surface area contributed by atoms with Crippen LogP contribution in [0, 0.1) is 13.8 Å². The van der Waals surface area contributed by atoms with E-state index >= 15 is 0 Å². The van der Waals surface area contributed by atoms with Crippen LogP contribution in [-0.4, -0.2) is 9.97 Å². The van der Waals surface area contributed by atoms with Crippen LogP contribution >= 0.6 is 0 Å². The molecule has 0 unspecified atom stereocenters. The summed E-state index contributed by atoms with van der Waals surface area (Å²) in [5, 5.41) is 5.89. The highest BCUT2D eigenvalue weighted by Crippen LogP contribution is 2.17. The van der Waals surface area contributed by atoms with Gasteiger partial charge in [-0.15, -0.1) is 0 Å². The minimum atomic E-state index is 0.754. The van der Waals surface area contributed by atoms with Gasteiger partial charge in [0.1, 0.15) is 5.82 Å². The van der Waals surface area contributed by atoms with E-state index in [4.69, 9.17) is 0 Å². The van der Waals surface area contributed by atoms with E-state index in [0.717, 1.165) is 23.8 Å². The van der Waals surface area contributed by atoms with Gasteiger partial charge >= 0.3 is 0 Å². The van der Waals surface area contributed by atoms with Gasteiger partial charge in [0.25, 0.3) is 0 Å². The van der Waals surface area contributed by atoms with Crippen molar-refractivity contribution >= 4 is 16.6 Å². The molecule has 1 aromatic heterocycles. The third kappa shape index (κ3) is 2.62. The lowest BCUT2D eigenvalue weighted by molar-refractivity contribution is 1.02. The average Bonchev–Trinajstić information content (AvgIpc) is 2.48. The summed E-state index contributed by atoms with van der Waals surface area (Å²) >= 11 is 0. The molecule has 20 heavy (non-hydrogen) atoms. The van der Waals surface area contributed by atoms with Gasteiger partial charge < -0.3 is 5.32 Å². The summed E-state index contributed by atoms with van der Waals surface area (Å²) in [6.45, 7) is 4.67. The number of aromatic nitrogens is 2. The van der Waals surface area contributed by atoms with Crippen molar-refractivity contribution in [3.63, 3.8) is 0 Å². The number of rotatable bonds is 3. The summed E-state index contributed by atoms with van der Waals surface area (Å²) < 4.78 is 0. The fraction of sp³-hybridized carbons (Fsp3) is 0.176. The summed E-state index contributed by atoms with van der Waals surface area (Å²) in [6, 6.07) is 14.9. The van der Waals surface area contributed by atoms with Gasteiger partial charge in [0, 0.05) is 12.7 Å². The molecule has 3 rings (SSSR count). The molecule has 0 saturated carbocycles. The molecule has 0 aliphatic carbocycles. The Morgan fingerprint density at radius 3 is 2.65 bits per heavy atom. The second-order valence-corrected chi connectivity index (χ2v) is 4.98. The topological polar surface area (TPSA) is 37.8 Å². The first-order valence-electron chi connectivity index (χ1n) is 6.74. The molecule has 0 spiro atoms. The van der Waals surface area contributed by atoms with Crippen molar-refractivity contribution in [2.24, 2.45) is 0 Å². The standard InChI is InChI=1S/C17H17N3/c1-12-10-18-13(2)17(20-12)19-11-14-7-8-15-5-3-4-6-16(15)9-14/h3-10H,11H2,1-2H3,(H,19,20). The second-order valence-electron chi connectivity index (χ2n) is 4.98. The van der Waals surface area contributed by atoms with Crippen molar-refractivity contribution in [1.29, 1.82) is 0 Å². The third-order valence-corrected chi connectivity index (χ3v) is 3.35.